The van der Waals surface area contributed by atoms with Crippen LogP contribution in [0.15, 0.2) is 6.07 Å². The second-order valence-electron chi connectivity index (χ2n) is 6.04. The van der Waals surface area contributed by atoms with E-state index in [1.807, 2.05) is 0 Å². The summed E-state index contributed by atoms with van der Waals surface area (Å²) in [6.07, 6.45) is -0.863. The van der Waals surface area contributed by atoms with Gasteiger partial charge in [0.2, 0.25) is 10.0 Å². The largest absolute Gasteiger partial charge is 0.391 e. The van der Waals surface area contributed by atoms with Gasteiger partial charge in [0.15, 0.2) is 0 Å². The first-order valence-electron chi connectivity index (χ1n) is 7.30. The van der Waals surface area contributed by atoms with E-state index >= 15 is 0 Å². The number of hydrogen-bond donors (Lipinski definition) is 1. The van der Waals surface area contributed by atoms with Crippen molar-refractivity contribution in [1.82, 2.24) is 19.2 Å². The van der Waals surface area contributed by atoms with E-state index in [0.717, 1.165) is 4.31 Å². The molecule has 9 heteroatoms. The average Bonchev–Trinajstić information content (AvgIpc) is 2.77. The van der Waals surface area contributed by atoms with Crippen LogP contribution in [0.2, 0.25) is 0 Å². The van der Waals surface area contributed by atoms with Crippen molar-refractivity contribution in [3.05, 3.63) is 23.3 Å². The molecule has 2 atom stereocenters. The Balaban J connectivity index is 2.13. The third-order valence-electron chi connectivity index (χ3n) is 3.86. The van der Waals surface area contributed by atoms with Gasteiger partial charge in [-0.05, 0) is 19.9 Å². The fourth-order valence-corrected chi connectivity index (χ4v) is 3.76. The van der Waals surface area contributed by atoms with Crippen LogP contribution in [0.4, 0.5) is 0 Å². The lowest BCUT2D eigenvalue weighted by Crippen LogP contribution is -2.33. The van der Waals surface area contributed by atoms with E-state index in [0.29, 0.717) is 11.5 Å². The molecule has 1 aliphatic heterocycles. The van der Waals surface area contributed by atoms with Gasteiger partial charge in [-0.3, -0.25) is 4.79 Å². The number of nitrogens with zero attached hydrogens (tertiary/aromatic N) is 4. The van der Waals surface area contributed by atoms with Gasteiger partial charge in [0, 0.05) is 38.8 Å². The summed E-state index contributed by atoms with van der Waals surface area (Å²) in [5.74, 6) is -0.509. The second-order valence-corrected chi connectivity index (χ2v) is 8.27. The minimum atomic E-state index is -3.43. The van der Waals surface area contributed by atoms with Gasteiger partial charge in [-0.1, -0.05) is 0 Å². The summed E-state index contributed by atoms with van der Waals surface area (Å²) in [5.41, 5.74) is 0.950. The number of β-amino-alcohol motifs (C(OH)–C–C–N with tert-alkyl or cyclic N) is 1. The molecule has 0 saturated carbocycles. The number of aryl methyl sites for hydroxylation is 2. The number of sulfonamides is 1. The SMILES string of the molecule is Cc1cc(C(=O)N2C[C@@H](CS(=O)(=O)N(C)C)[C@H](O)C2)nc(C)n1. The van der Waals surface area contributed by atoms with Crippen molar-refractivity contribution in [3.8, 4) is 0 Å². The van der Waals surface area contributed by atoms with Crippen molar-refractivity contribution in [2.75, 3.05) is 32.9 Å². The molecule has 0 aromatic carbocycles. The zero-order valence-electron chi connectivity index (χ0n) is 13.7. The molecule has 1 aromatic rings. The lowest BCUT2D eigenvalue weighted by atomic mass is 10.1. The van der Waals surface area contributed by atoms with Gasteiger partial charge in [-0.15, -0.1) is 0 Å². The number of carbonyl (C=O) groups is 1. The predicted octanol–water partition coefficient (Wildman–Crippen LogP) is -0.582. The lowest BCUT2D eigenvalue weighted by Gasteiger charge is -2.18. The van der Waals surface area contributed by atoms with Crippen molar-refractivity contribution in [3.63, 3.8) is 0 Å². The van der Waals surface area contributed by atoms with E-state index in [4.69, 9.17) is 0 Å². The normalized spacial score (nSPS) is 21.9. The van der Waals surface area contributed by atoms with Crippen molar-refractivity contribution < 1.29 is 18.3 Å². The van der Waals surface area contributed by atoms with Crippen LogP contribution in [0, 0.1) is 19.8 Å². The van der Waals surface area contributed by atoms with E-state index in [-0.39, 0.29) is 30.4 Å². The molecule has 8 nitrogen and oxygen atoms in total. The van der Waals surface area contributed by atoms with Gasteiger partial charge in [0.05, 0.1) is 11.9 Å². The monoisotopic (exact) mass is 342 g/mol. The quantitative estimate of drug-likeness (QED) is 0.785. The highest BCUT2D eigenvalue weighted by atomic mass is 32.2. The molecule has 1 fully saturated rings. The number of likely N-dealkylation sites (tertiary alicyclic amines) is 1. The summed E-state index contributed by atoms with van der Waals surface area (Å²) in [6, 6.07) is 1.59. The first-order valence-corrected chi connectivity index (χ1v) is 8.91. The lowest BCUT2D eigenvalue weighted by molar-refractivity contribution is 0.0758. The maximum absolute atomic E-state index is 12.5. The van der Waals surface area contributed by atoms with Crippen LogP contribution < -0.4 is 0 Å². The molecule has 2 heterocycles. The van der Waals surface area contributed by atoms with Gasteiger partial charge in [0.25, 0.3) is 5.91 Å². The molecule has 0 unspecified atom stereocenters. The van der Waals surface area contributed by atoms with Crippen LogP contribution in [-0.2, 0) is 10.0 Å². The Morgan fingerprint density at radius 2 is 2.00 bits per heavy atom. The van der Waals surface area contributed by atoms with Crippen molar-refractivity contribution in [2.45, 2.75) is 20.0 Å². The van der Waals surface area contributed by atoms with Crippen LogP contribution in [-0.4, -0.2) is 77.6 Å². The average molecular weight is 342 g/mol. The van der Waals surface area contributed by atoms with Crippen LogP contribution in [0.5, 0.6) is 0 Å². The maximum atomic E-state index is 12.5. The van der Waals surface area contributed by atoms with Gasteiger partial charge in [-0.2, -0.15) is 0 Å². The standard InChI is InChI=1S/C14H22N4O4S/c1-9-5-12(16-10(2)15-9)14(20)18-6-11(13(19)7-18)8-23(21,22)17(3)4/h5,11,13,19H,6-8H2,1-4H3/t11-,13+/m0/s1. The van der Waals surface area contributed by atoms with E-state index in [1.165, 1.54) is 19.0 Å². The van der Waals surface area contributed by atoms with E-state index in [9.17, 15) is 18.3 Å². The molecule has 128 valence electrons. The molecule has 0 aliphatic carbocycles. The summed E-state index contributed by atoms with van der Waals surface area (Å²) in [6.45, 7) is 3.77. The van der Waals surface area contributed by atoms with Crippen LogP contribution >= 0.6 is 0 Å². The highest BCUT2D eigenvalue weighted by Crippen LogP contribution is 2.21. The number of aliphatic hydroxyl groups excluding tert-OH is 1. The van der Waals surface area contributed by atoms with Gasteiger partial charge >= 0.3 is 0 Å². The molecule has 2 rings (SSSR count). The minimum Gasteiger partial charge on any atom is -0.391 e. The van der Waals surface area contributed by atoms with Crippen molar-refractivity contribution in [2.24, 2.45) is 5.92 Å². The van der Waals surface area contributed by atoms with E-state index < -0.39 is 22.0 Å². The molecule has 1 aromatic heterocycles. The fraction of sp³-hybridized carbons (Fsp3) is 0.643. The summed E-state index contributed by atoms with van der Waals surface area (Å²) in [7, 11) is -0.531. The number of aliphatic hydroxyl groups is 1. The number of carbonyl (C=O) groups excluding carboxylic acids is 1. The van der Waals surface area contributed by atoms with Crippen LogP contribution in [0.1, 0.15) is 22.0 Å². The zero-order chi connectivity index (χ0) is 17.4. The molecule has 1 aliphatic rings. The third kappa shape index (κ3) is 4.04. The maximum Gasteiger partial charge on any atom is 0.272 e. The topological polar surface area (TPSA) is 104 Å². The summed E-state index contributed by atoms with van der Waals surface area (Å²) < 4.78 is 25.0. The first kappa shape index (κ1) is 17.8. The zero-order valence-corrected chi connectivity index (χ0v) is 14.5. The van der Waals surface area contributed by atoms with Gasteiger partial charge < -0.3 is 10.0 Å². The van der Waals surface area contributed by atoms with E-state index in [2.05, 4.69) is 9.97 Å². The Morgan fingerprint density at radius 1 is 1.35 bits per heavy atom. The first-order chi connectivity index (χ1) is 10.6. The molecule has 1 N–H and O–H groups in total. The van der Waals surface area contributed by atoms with E-state index in [1.54, 1.807) is 19.9 Å². The van der Waals surface area contributed by atoms with Gasteiger partial charge in [0.1, 0.15) is 11.5 Å². The summed E-state index contributed by atoms with van der Waals surface area (Å²) >= 11 is 0. The van der Waals surface area contributed by atoms with Gasteiger partial charge in [-0.25, -0.2) is 22.7 Å². The molecule has 0 spiro atoms. The molecule has 1 amide bonds. The summed E-state index contributed by atoms with van der Waals surface area (Å²) in [5, 5.41) is 10.1. The second kappa shape index (κ2) is 6.50. The highest BCUT2D eigenvalue weighted by molar-refractivity contribution is 7.89. The molecular weight excluding hydrogens is 320 g/mol. The Morgan fingerprint density at radius 3 is 2.57 bits per heavy atom. The number of amides is 1. The fourth-order valence-electron chi connectivity index (χ4n) is 2.59. The number of aromatic nitrogens is 2. The molecule has 0 radical (unpaired) electrons. The Kier molecular flexibility index (Phi) is 5.02. The Bertz CT molecular complexity index is 684. The van der Waals surface area contributed by atoms with Crippen molar-refractivity contribution in [1.29, 1.82) is 0 Å². The van der Waals surface area contributed by atoms with Crippen molar-refractivity contribution >= 4 is 15.9 Å². The van der Waals surface area contributed by atoms with Crippen LogP contribution in [0.3, 0.4) is 0 Å². The number of rotatable bonds is 4. The number of hydrogen-bond acceptors (Lipinski definition) is 6. The molecule has 1 saturated heterocycles. The van der Waals surface area contributed by atoms with Crippen LogP contribution in [0.25, 0.3) is 0 Å². The Labute approximate surface area is 136 Å². The predicted molar refractivity (Wildman–Crippen MR) is 84.4 cm³/mol. The molecular formula is C14H22N4O4S. The summed E-state index contributed by atoms with van der Waals surface area (Å²) in [4.78, 5) is 22.2. The minimum absolute atomic E-state index is 0.106. The molecule has 23 heavy (non-hydrogen) atoms. The molecule has 0 bridgehead atoms. The third-order valence-corrected chi connectivity index (χ3v) is 5.82. The highest BCUT2D eigenvalue weighted by Gasteiger charge is 2.38. The Hall–Kier alpha value is -1.58. The smallest absolute Gasteiger partial charge is 0.272 e.